The Labute approximate surface area is 221 Å². The van der Waals surface area contributed by atoms with Crippen LogP contribution in [0.2, 0.25) is 0 Å². The average molecular weight is 502 g/mol. The van der Waals surface area contributed by atoms with Gasteiger partial charge in [0.15, 0.2) is 12.1 Å². The summed E-state index contributed by atoms with van der Waals surface area (Å²) >= 11 is 0. The van der Waals surface area contributed by atoms with Crippen molar-refractivity contribution in [2.75, 3.05) is 0 Å². The van der Waals surface area contributed by atoms with Gasteiger partial charge >= 0.3 is 0 Å². The molecule has 0 spiro atoms. The number of nitrogens with zero attached hydrogens (tertiary/aromatic N) is 1. The SMILES string of the molecule is CCCCCCCCCCCCn1c2ccccc2c2cccc(C3NC(C=O)NC(C)=C3C(C)=O)c21. The second-order valence-electron chi connectivity index (χ2n) is 10.5. The molecule has 2 N–H and O–H groups in total. The molecule has 2 atom stereocenters. The molecule has 1 aliphatic heterocycles. The van der Waals surface area contributed by atoms with Crippen LogP contribution in [-0.2, 0) is 16.1 Å². The van der Waals surface area contributed by atoms with Crippen LogP contribution in [0.25, 0.3) is 21.8 Å². The standard InChI is InChI=1S/C32H43N3O2/c1-4-5-6-7-8-9-10-11-12-15-21-35-28-20-14-13-17-25(28)26-18-16-19-27(32(26)35)31-30(24(3)37)23(2)33-29(22-36)34-31/h13-14,16-20,22,29,31,33-34H,4-12,15,21H2,1-3H3. The zero-order valence-corrected chi connectivity index (χ0v) is 22.8. The largest absolute Gasteiger partial charge is 0.367 e. The molecular formula is C32H43N3O2. The molecule has 5 heteroatoms. The molecule has 1 aliphatic rings. The van der Waals surface area contributed by atoms with Gasteiger partial charge in [-0.25, -0.2) is 0 Å². The Morgan fingerprint density at radius 2 is 1.54 bits per heavy atom. The molecule has 0 saturated carbocycles. The predicted octanol–water partition coefficient (Wildman–Crippen LogP) is 7.34. The van der Waals surface area contributed by atoms with Gasteiger partial charge in [-0.05, 0) is 31.9 Å². The van der Waals surface area contributed by atoms with E-state index in [9.17, 15) is 9.59 Å². The summed E-state index contributed by atoms with van der Waals surface area (Å²) in [6, 6.07) is 14.6. The Bertz CT molecular complexity index is 1260. The smallest absolute Gasteiger partial charge is 0.159 e. The number of hydrogen-bond donors (Lipinski definition) is 2. The maximum absolute atomic E-state index is 12.7. The van der Waals surface area contributed by atoms with Crippen LogP contribution < -0.4 is 10.6 Å². The fourth-order valence-corrected chi connectivity index (χ4v) is 5.98. The summed E-state index contributed by atoms with van der Waals surface area (Å²) in [7, 11) is 0. The fourth-order valence-electron chi connectivity index (χ4n) is 5.98. The third-order valence-electron chi connectivity index (χ3n) is 7.79. The van der Waals surface area contributed by atoms with E-state index in [4.69, 9.17) is 0 Å². The number of nitrogens with one attached hydrogen (secondary N) is 2. The van der Waals surface area contributed by atoms with E-state index >= 15 is 0 Å². The number of hydrogen-bond acceptors (Lipinski definition) is 4. The molecule has 2 unspecified atom stereocenters. The summed E-state index contributed by atoms with van der Waals surface area (Å²) in [5, 5.41) is 8.95. The lowest BCUT2D eigenvalue weighted by Crippen LogP contribution is -2.50. The van der Waals surface area contributed by atoms with Crippen LogP contribution in [-0.4, -0.2) is 22.8 Å². The van der Waals surface area contributed by atoms with Crippen molar-refractivity contribution in [3.8, 4) is 0 Å². The van der Waals surface area contributed by atoms with E-state index < -0.39 is 6.17 Å². The molecule has 2 heterocycles. The quantitative estimate of drug-likeness (QED) is 0.179. The van der Waals surface area contributed by atoms with Crippen LogP contribution in [0.3, 0.4) is 0 Å². The number of fused-ring (bicyclic) bond motifs is 3. The minimum absolute atomic E-state index is 0.0150. The number of aromatic nitrogens is 1. The lowest BCUT2D eigenvalue weighted by atomic mass is 9.91. The van der Waals surface area contributed by atoms with E-state index in [1.54, 1.807) is 6.92 Å². The van der Waals surface area contributed by atoms with E-state index in [0.29, 0.717) is 5.57 Å². The number of para-hydroxylation sites is 2. The Kier molecular flexibility index (Phi) is 9.56. The van der Waals surface area contributed by atoms with Gasteiger partial charge in [0.05, 0.1) is 11.6 Å². The normalized spacial score (nSPS) is 17.9. The van der Waals surface area contributed by atoms with Gasteiger partial charge in [-0.15, -0.1) is 0 Å². The number of allylic oxidation sites excluding steroid dienone is 1. The Morgan fingerprint density at radius 1 is 0.892 bits per heavy atom. The summed E-state index contributed by atoms with van der Waals surface area (Å²) in [5.41, 5.74) is 4.91. The molecule has 198 valence electrons. The zero-order chi connectivity index (χ0) is 26.2. The van der Waals surface area contributed by atoms with Gasteiger partial charge in [-0.1, -0.05) is 101 Å². The molecule has 37 heavy (non-hydrogen) atoms. The molecule has 1 aromatic heterocycles. The Hall–Kier alpha value is -2.92. The lowest BCUT2D eigenvalue weighted by Gasteiger charge is -2.33. The summed E-state index contributed by atoms with van der Waals surface area (Å²) in [6.45, 7) is 6.71. The Morgan fingerprint density at radius 3 is 2.22 bits per heavy atom. The van der Waals surface area contributed by atoms with Crippen molar-refractivity contribution in [1.82, 2.24) is 15.2 Å². The molecule has 0 saturated heterocycles. The molecule has 0 amide bonds. The van der Waals surface area contributed by atoms with Crippen molar-refractivity contribution in [1.29, 1.82) is 0 Å². The van der Waals surface area contributed by atoms with E-state index in [1.807, 2.05) is 6.92 Å². The number of unbranched alkanes of at least 4 members (excludes halogenated alkanes) is 9. The number of benzene rings is 2. The molecule has 0 radical (unpaired) electrons. The van der Waals surface area contributed by atoms with Gasteiger partial charge in [0.25, 0.3) is 0 Å². The first-order valence-electron chi connectivity index (χ1n) is 14.3. The van der Waals surface area contributed by atoms with E-state index in [0.717, 1.165) is 36.0 Å². The van der Waals surface area contributed by atoms with Crippen molar-refractivity contribution < 1.29 is 9.59 Å². The van der Waals surface area contributed by atoms with Gasteiger partial charge in [0.2, 0.25) is 0 Å². The monoisotopic (exact) mass is 501 g/mol. The van der Waals surface area contributed by atoms with Crippen molar-refractivity contribution in [3.05, 3.63) is 59.3 Å². The van der Waals surface area contributed by atoms with Crippen LogP contribution in [0.4, 0.5) is 0 Å². The molecule has 0 aliphatic carbocycles. The highest BCUT2D eigenvalue weighted by Crippen LogP contribution is 2.37. The highest BCUT2D eigenvalue weighted by Gasteiger charge is 2.32. The van der Waals surface area contributed by atoms with Crippen molar-refractivity contribution in [3.63, 3.8) is 0 Å². The average Bonchev–Trinajstić information content (AvgIpc) is 3.22. The summed E-state index contributed by atoms with van der Waals surface area (Å²) < 4.78 is 2.44. The third kappa shape index (κ3) is 6.15. The van der Waals surface area contributed by atoms with Gasteiger partial charge in [-0.2, -0.15) is 0 Å². The maximum Gasteiger partial charge on any atom is 0.159 e. The Balaban J connectivity index is 1.59. The fraction of sp³-hybridized carbons (Fsp3) is 0.500. The lowest BCUT2D eigenvalue weighted by molar-refractivity contribution is -0.115. The molecule has 5 nitrogen and oxygen atoms in total. The second kappa shape index (κ2) is 13.0. The minimum atomic E-state index is -0.525. The topological polar surface area (TPSA) is 63.1 Å². The first-order chi connectivity index (χ1) is 18.1. The van der Waals surface area contributed by atoms with Crippen LogP contribution in [0.5, 0.6) is 0 Å². The molecule has 3 aromatic rings. The first kappa shape index (κ1) is 27.1. The number of rotatable bonds is 14. The van der Waals surface area contributed by atoms with Gasteiger partial charge in [0, 0.05) is 34.1 Å². The van der Waals surface area contributed by atoms with Crippen molar-refractivity contribution >= 4 is 33.9 Å². The molecule has 0 bridgehead atoms. The summed E-state index contributed by atoms with van der Waals surface area (Å²) in [5.74, 6) is 0.0150. The van der Waals surface area contributed by atoms with Gasteiger partial charge < -0.3 is 9.88 Å². The minimum Gasteiger partial charge on any atom is -0.367 e. The van der Waals surface area contributed by atoms with Gasteiger partial charge in [0.1, 0.15) is 6.17 Å². The predicted molar refractivity (Wildman–Crippen MR) is 154 cm³/mol. The second-order valence-corrected chi connectivity index (χ2v) is 10.5. The maximum atomic E-state index is 12.7. The van der Waals surface area contributed by atoms with Crippen molar-refractivity contribution in [2.45, 2.75) is 104 Å². The molecule has 4 rings (SSSR count). The molecule has 2 aromatic carbocycles. The number of ketones is 1. The summed E-state index contributed by atoms with van der Waals surface area (Å²) in [4.78, 5) is 24.4. The highest BCUT2D eigenvalue weighted by atomic mass is 16.1. The summed E-state index contributed by atoms with van der Waals surface area (Å²) in [6.07, 6.45) is 13.5. The van der Waals surface area contributed by atoms with E-state index in [-0.39, 0.29) is 11.8 Å². The zero-order valence-electron chi connectivity index (χ0n) is 22.8. The van der Waals surface area contributed by atoms with Crippen LogP contribution in [0.1, 0.15) is 96.6 Å². The van der Waals surface area contributed by atoms with E-state index in [1.165, 1.54) is 74.1 Å². The highest BCUT2D eigenvalue weighted by molar-refractivity contribution is 6.09. The van der Waals surface area contributed by atoms with E-state index in [2.05, 4.69) is 64.6 Å². The first-order valence-corrected chi connectivity index (χ1v) is 14.3. The number of carbonyl (C=O) groups is 2. The van der Waals surface area contributed by atoms with Crippen LogP contribution in [0, 0.1) is 0 Å². The molecule has 0 fully saturated rings. The number of aryl methyl sites for hydroxylation is 1. The number of aldehydes is 1. The van der Waals surface area contributed by atoms with Crippen LogP contribution >= 0.6 is 0 Å². The van der Waals surface area contributed by atoms with Crippen LogP contribution in [0.15, 0.2) is 53.7 Å². The third-order valence-corrected chi connectivity index (χ3v) is 7.79. The van der Waals surface area contributed by atoms with Gasteiger partial charge in [-0.3, -0.25) is 14.9 Å². The number of carbonyl (C=O) groups excluding carboxylic acids is 2. The molecular weight excluding hydrogens is 458 g/mol. The number of Topliss-reactive ketones (excluding diaryl/α,β-unsaturated/α-hetero) is 1. The van der Waals surface area contributed by atoms with Crippen molar-refractivity contribution in [2.24, 2.45) is 0 Å².